The molecule has 2 aromatic heterocycles. The van der Waals surface area contributed by atoms with E-state index in [4.69, 9.17) is 10.7 Å². The quantitative estimate of drug-likeness (QED) is 0.485. The number of hydrogen-bond donors (Lipinski definition) is 1. The van der Waals surface area contributed by atoms with Gasteiger partial charge in [0.1, 0.15) is 0 Å². The molecule has 0 spiro atoms. The number of imidazole rings is 1. The maximum Gasteiger partial charge on any atom is 0.181 e. The van der Waals surface area contributed by atoms with Crippen molar-refractivity contribution in [3.05, 3.63) is 54.9 Å². The van der Waals surface area contributed by atoms with Crippen LogP contribution >= 0.6 is 11.3 Å². The zero-order chi connectivity index (χ0) is 18.2. The Morgan fingerprint density at radius 2 is 1.78 bits per heavy atom. The normalized spacial score (nSPS) is 15.4. The van der Waals surface area contributed by atoms with Crippen LogP contribution < -0.4 is 5.73 Å². The zero-order valence-electron chi connectivity index (χ0n) is 15.1. The molecule has 0 radical (unpaired) electrons. The molecule has 4 aromatic rings. The number of thiazole rings is 1. The van der Waals surface area contributed by atoms with Gasteiger partial charge < -0.3 is 10.3 Å². The van der Waals surface area contributed by atoms with Gasteiger partial charge in [-0.1, -0.05) is 67.0 Å². The largest absolute Gasteiger partial charge is 0.375 e. The van der Waals surface area contributed by atoms with E-state index in [9.17, 15) is 0 Å². The van der Waals surface area contributed by atoms with Gasteiger partial charge in [-0.3, -0.25) is 0 Å². The van der Waals surface area contributed by atoms with Gasteiger partial charge in [0.15, 0.2) is 5.13 Å². The number of hydrogen-bond acceptors (Lipinski definition) is 4. The van der Waals surface area contributed by atoms with E-state index in [1.165, 1.54) is 43.4 Å². The number of nitrogens with two attached hydrogens (primary N) is 1. The van der Waals surface area contributed by atoms with Crippen molar-refractivity contribution < 1.29 is 0 Å². The zero-order valence-corrected chi connectivity index (χ0v) is 16.0. The lowest BCUT2D eigenvalue weighted by Gasteiger charge is -2.25. The van der Waals surface area contributed by atoms with Crippen LogP contribution in [0, 0.1) is 0 Å². The number of rotatable bonds is 3. The number of nitrogen functional groups attached to an aromatic ring is 1. The van der Waals surface area contributed by atoms with E-state index >= 15 is 0 Å². The molecule has 1 aliphatic rings. The van der Waals surface area contributed by atoms with Crippen molar-refractivity contribution in [1.29, 1.82) is 0 Å². The molecule has 5 rings (SSSR count). The fraction of sp³-hybridized carbons (Fsp3) is 0.273. The Kier molecular flexibility index (Phi) is 4.17. The van der Waals surface area contributed by atoms with Gasteiger partial charge in [0, 0.05) is 17.2 Å². The molecule has 0 bridgehead atoms. The highest BCUT2D eigenvalue weighted by molar-refractivity contribution is 7.22. The summed E-state index contributed by atoms with van der Waals surface area (Å²) in [6.07, 6.45) is 8.44. The van der Waals surface area contributed by atoms with Crippen LogP contribution in [0.15, 0.2) is 54.9 Å². The highest BCUT2D eigenvalue weighted by Gasteiger charge is 2.22. The molecule has 27 heavy (non-hydrogen) atoms. The van der Waals surface area contributed by atoms with Crippen molar-refractivity contribution in [3.63, 3.8) is 0 Å². The number of benzene rings is 2. The van der Waals surface area contributed by atoms with Crippen LogP contribution in [0.1, 0.15) is 38.1 Å². The molecule has 0 amide bonds. The Morgan fingerprint density at radius 3 is 2.59 bits per heavy atom. The highest BCUT2D eigenvalue weighted by atomic mass is 32.1. The van der Waals surface area contributed by atoms with Crippen molar-refractivity contribution in [2.75, 3.05) is 5.73 Å². The van der Waals surface area contributed by atoms with E-state index < -0.39 is 0 Å². The fourth-order valence-electron chi connectivity index (χ4n) is 4.18. The summed E-state index contributed by atoms with van der Waals surface area (Å²) < 4.78 is 3.54. The minimum absolute atomic E-state index is 0.529. The molecule has 1 fully saturated rings. The Balaban J connectivity index is 1.70. The van der Waals surface area contributed by atoms with Crippen LogP contribution in [0.2, 0.25) is 0 Å². The van der Waals surface area contributed by atoms with Gasteiger partial charge >= 0.3 is 0 Å². The van der Waals surface area contributed by atoms with Crippen molar-refractivity contribution in [1.82, 2.24) is 14.5 Å². The molecule has 4 nitrogen and oxygen atoms in total. The minimum Gasteiger partial charge on any atom is -0.375 e. The summed E-state index contributed by atoms with van der Waals surface area (Å²) >= 11 is 1.54. The topological polar surface area (TPSA) is 56.7 Å². The van der Waals surface area contributed by atoms with Crippen molar-refractivity contribution >= 4 is 26.7 Å². The summed E-state index contributed by atoms with van der Waals surface area (Å²) in [6, 6.07) is 17.5. The summed E-state index contributed by atoms with van der Waals surface area (Å²) in [7, 11) is 0. The van der Waals surface area contributed by atoms with Crippen LogP contribution in [0.3, 0.4) is 0 Å². The summed E-state index contributed by atoms with van der Waals surface area (Å²) in [6.45, 7) is 0. The van der Waals surface area contributed by atoms with E-state index in [1.54, 1.807) is 11.3 Å². The van der Waals surface area contributed by atoms with Crippen LogP contribution in [0.25, 0.3) is 32.7 Å². The second-order valence-electron chi connectivity index (χ2n) is 7.24. The summed E-state index contributed by atoms with van der Waals surface area (Å²) in [5.74, 6) is 0. The first-order valence-corrected chi connectivity index (χ1v) is 10.4. The molecule has 0 aliphatic heterocycles. The van der Waals surface area contributed by atoms with Crippen LogP contribution in [-0.2, 0) is 0 Å². The van der Waals surface area contributed by atoms with Gasteiger partial charge in [0.05, 0.1) is 27.9 Å². The fourth-order valence-corrected chi connectivity index (χ4v) is 4.95. The van der Waals surface area contributed by atoms with Gasteiger partial charge in [0.2, 0.25) is 0 Å². The number of nitrogens with zero attached hydrogens (tertiary/aromatic N) is 3. The maximum atomic E-state index is 5.92. The molecule has 0 atom stereocenters. The Bertz CT molecular complexity index is 1070. The Morgan fingerprint density at radius 1 is 0.963 bits per heavy atom. The van der Waals surface area contributed by atoms with Gasteiger partial charge in [-0.15, -0.1) is 0 Å². The molecular formula is C22H22N4S. The molecule has 2 N–H and O–H groups in total. The Hall–Kier alpha value is -2.66. The SMILES string of the molecule is Nc1nc2ccc(-c3c(-c4ccccc4)ncn3C3CCCCC3)cc2s1. The number of fused-ring (bicyclic) bond motifs is 1. The van der Waals surface area contributed by atoms with E-state index in [0.717, 1.165) is 21.5 Å². The third-order valence-corrected chi connectivity index (χ3v) is 6.33. The van der Waals surface area contributed by atoms with E-state index in [2.05, 4.69) is 52.0 Å². The van der Waals surface area contributed by atoms with Crippen LogP contribution in [0.5, 0.6) is 0 Å². The Labute approximate surface area is 162 Å². The predicted octanol–water partition coefficient (Wildman–Crippen LogP) is 5.91. The van der Waals surface area contributed by atoms with Crippen LogP contribution in [0.4, 0.5) is 5.13 Å². The van der Waals surface area contributed by atoms with E-state index in [1.807, 2.05) is 12.4 Å². The van der Waals surface area contributed by atoms with E-state index in [-0.39, 0.29) is 0 Å². The highest BCUT2D eigenvalue weighted by Crippen LogP contribution is 2.39. The second kappa shape index (κ2) is 6.82. The second-order valence-corrected chi connectivity index (χ2v) is 8.30. The molecule has 0 saturated heterocycles. The summed E-state index contributed by atoms with van der Waals surface area (Å²) in [5.41, 5.74) is 11.5. The van der Waals surface area contributed by atoms with Gasteiger partial charge in [-0.2, -0.15) is 0 Å². The number of aromatic nitrogens is 3. The van der Waals surface area contributed by atoms with Crippen molar-refractivity contribution in [2.24, 2.45) is 0 Å². The number of anilines is 1. The third kappa shape index (κ3) is 3.02. The van der Waals surface area contributed by atoms with Crippen molar-refractivity contribution in [2.45, 2.75) is 38.1 Å². The smallest absolute Gasteiger partial charge is 0.181 e. The molecule has 1 aliphatic carbocycles. The summed E-state index contributed by atoms with van der Waals surface area (Å²) in [4.78, 5) is 9.25. The minimum atomic E-state index is 0.529. The third-order valence-electron chi connectivity index (χ3n) is 5.49. The van der Waals surface area contributed by atoms with Gasteiger partial charge in [-0.25, -0.2) is 9.97 Å². The summed E-state index contributed by atoms with van der Waals surface area (Å²) in [5, 5.41) is 0.617. The molecular weight excluding hydrogens is 352 g/mol. The molecule has 2 aromatic carbocycles. The lowest BCUT2D eigenvalue weighted by Crippen LogP contribution is -2.13. The predicted molar refractivity (Wildman–Crippen MR) is 113 cm³/mol. The molecule has 5 heteroatoms. The lowest BCUT2D eigenvalue weighted by atomic mass is 9.94. The van der Waals surface area contributed by atoms with Crippen molar-refractivity contribution in [3.8, 4) is 22.5 Å². The molecule has 2 heterocycles. The van der Waals surface area contributed by atoms with Gasteiger partial charge in [0.25, 0.3) is 0 Å². The molecule has 136 valence electrons. The standard InChI is InChI=1S/C22H22N4S/c23-22-25-18-12-11-16(13-19(18)27-22)21-20(15-7-3-1-4-8-15)24-14-26(21)17-9-5-2-6-10-17/h1,3-4,7-8,11-14,17H,2,5-6,9-10H2,(H2,23,25). The maximum absolute atomic E-state index is 5.92. The molecule has 1 saturated carbocycles. The average molecular weight is 375 g/mol. The first kappa shape index (κ1) is 16.5. The average Bonchev–Trinajstić information content (AvgIpc) is 3.31. The molecule has 0 unspecified atom stereocenters. The first-order chi connectivity index (χ1) is 13.3. The van der Waals surface area contributed by atoms with Crippen LogP contribution in [-0.4, -0.2) is 14.5 Å². The lowest BCUT2D eigenvalue weighted by molar-refractivity contribution is 0.355. The van der Waals surface area contributed by atoms with E-state index in [0.29, 0.717) is 11.2 Å². The first-order valence-electron chi connectivity index (χ1n) is 9.58. The van der Waals surface area contributed by atoms with Gasteiger partial charge in [-0.05, 0) is 25.0 Å². The monoisotopic (exact) mass is 374 g/mol.